The van der Waals surface area contributed by atoms with E-state index in [-0.39, 0.29) is 11.6 Å². The maximum atomic E-state index is 11.1. The van der Waals surface area contributed by atoms with Gasteiger partial charge in [0, 0.05) is 19.4 Å². The summed E-state index contributed by atoms with van der Waals surface area (Å²) in [7, 11) is 1.85. The molecule has 2 aromatic heterocycles. The molecule has 7 nitrogen and oxygen atoms in total. The first-order chi connectivity index (χ1) is 12.1. The smallest absolute Gasteiger partial charge is 0.335 e. The van der Waals surface area contributed by atoms with Crippen molar-refractivity contribution in [3.63, 3.8) is 0 Å². The first kappa shape index (κ1) is 15.1. The van der Waals surface area contributed by atoms with Crippen LogP contribution in [-0.2, 0) is 7.05 Å². The average Bonchev–Trinajstić information content (AvgIpc) is 3.27. The highest BCUT2D eigenvalue weighted by Crippen LogP contribution is 2.28. The molecule has 2 aromatic carbocycles. The lowest BCUT2D eigenvalue weighted by Gasteiger charge is -2.20. The van der Waals surface area contributed by atoms with Crippen LogP contribution in [-0.4, -0.2) is 35.6 Å². The SMILES string of the molecule is Cn1nnc2ccc(C(c3ccc(C(=O)O)cc3)n3ccnc3)cc21. The number of benzene rings is 2. The molecule has 0 saturated heterocycles. The fourth-order valence-corrected chi connectivity index (χ4v) is 2.98. The van der Waals surface area contributed by atoms with E-state index in [1.165, 1.54) is 0 Å². The standard InChI is InChI=1S/C18H15N5O2/c1-22-16-10-14(6-7-15(16)20-21-22)17(23-9-8-19-11-23)12-2-4-13(5-3-12)18(24)25/h2-11,17H,1H3,(H,24,25). The van der Waals surface area contributed by atoms with Gasteiger partial charge in [-0.25, -0.2) is 14.5 Å². The Hall–Kier alpha value is -3.48. The lowest BCUT2D eigenvalue weighted by molar-refractivity contribution is 0.0697. The predicted molar refractivity (Wildman–Crippen MR) is 91.4 cm³/mol. The van der Waals surface area contributed by atoms with Crippen LogP contribution < -0.4 is 0 Å². The van der Waals surface area contributed by atoms with Crippen LogP contribution in [0.15, 0.2) is 61.2 Å². The fraction of sp³-hybridized carbons (Fsp3) is 0.111. The molecule has 4 rings (SSSR count). The topological polar surface area (TPSA) is 85.8 Å². The molecule has 1 N–H and O–H groups in total. The normalized spacial score (nSPS) is 12.4. The second-order valence-electron chi connectivity index (χ2n) is 5.80. The van der Waals surface area contributed by atoms with Gasteiger partial charge in [-0.2, -0.15) is 0 Å². The van der Waals surface area contributed by atoms with Crippen molar-refractivity contribution in [2.24, 2.45) is 7.05 Å². The summed E-state index contributed by atoms with van der Waals surface area (Å²) < 4.78 is 3.72. The lowest BCUT2D eigenvalue weighted by atomic mass is 9.97. The molecule has 1 atom stereocenters. The number of carboxylic acid groups (broad SMARTS) is 1. The molecule has 1 unspecified atom stereocenters. The first-order valence-electron chi connectivity index (χ1n) is 7.73. The minimum atomic E-state index is -0.937. The van der Waals surface area contributed by atoms with E-state index in [2.05, 4.69) is 15.3 Å². The molecule has 0 aliphatic heterocycles. The van der Waals surface area contributed by atoms with Crippen molar-refractivity contribution >= 4 is 17.0 Å². The summed E-state index contributed by atoms with van der Waals surface area (Å²) in [6.07, 6.45) is 5.37. The minimum absolute atomic E-state index is 0.121. The number of aromatic carboxylic acids is 1. The summed E-state index contributed by atoms with van der Waals surface area (Å²) in [5.41, 5.74) is 4.04. The second kappa shape index (κ2) is 5.86. The number of carboxylic acids is 1. The van der Waals surface area contributed by atoms with Gasteiger partial charge in [0.05, 0.1) is 23.4 Å². The van der Waals surface area contributed by atoms with Crippen LogP contribution in [0.3, 0.4) is 0 Å². The summed E-state index contributed by atoms with van der Waals surface area (Å²) in [6, 6.07) is 12.8. The van der Waals surface area contributed by atoms with Gasteiger partial charge in [-0.15, -0.1) is 5.10 Å². The number of hydrogen-bond acceptors (Lipinski definition) is 4. The van der Waals surface area contributed by atoms with Gasteiger partial charge in [0.25, 0.3) is 0 Å². The summed E-state index contributed by atoms with van der Waals surface area (Å²) in [5, 5.41) is 17.3. The second-order valence-corrected chi connectivity index (χ2v) is 5.80. The van der Waals surface area contributed by atoms with Gasteiger partial charge < -0.3 is 9.67 Å². The average molecular weight is 333 g/mol. The number of rotatable bonds is 4. The largest absolute Gasteiger partial charge is 0.478 e. The molecule has 4 aromatic rings. The van der Waals surface area contributed by atoms with Gasteiger partial charge in [0.15, 0.2) is 0 Å². The van der Waals surface area contributed by atoms with Gasteiger partial charge >= 0.3 is 5.97 Å². The molecule has 2 heterocycles. The highest BCUT2D eigenvalue weighted by atomic mass is 16.4. The molecule has 7 heteroatoms. The Labute approximate surface area is 143 Å². The molecule has 0 aliphatic carbocycles. The van der Waals surface area contributed by atoms with Crippen LogP contribution in [0, 0.1) is 0 Å². The summed E-state index contributed by atoms with van der Waals surface area (Å²) >= 11 is 0. The first-order valence-corrected chi connectivity index (χ1v) is 7.73. The Morgan fingerprint density at radius 2 is 1.88 bits per heavy atom. The van der Waals surface area contributed by atoms with Crippen LogP contribution in [0.25, 0.3) is 11.0 Å². The quantitative estimate of drug-likeness (QED) is 0.620. The van der Waals surface area contributed by atoms with Crippen molar-refractivity contribution in [3.8, 4) is 0 Å². The summed E-state index contributed by atoms with van der Waals surface area (Å²) in [5.74, 6) is -0.937. The number of imidazole rings is 1. The van der Waals surface area contributed by atoms with Crippen LogP contribution in [0.4, 0.5) is 0 Å². The van der Waals surface area contributed by atoms with Gasteiger partial charge in [0.1, 0.15) is 5.52 Å². The van der Waals surface area contributed by atoms with E-state index in [4.69, 9.17) is 5.11 Å². The Bertz CT molecular complexity index is 1040. The fourth-order valence-electron chi connectivity index (χ4n) is 2.98. The Morgan fingerprint density at radius 3 is 2.56 bits per heavy atom. The van der Waals surface area contributed by atoms with E-state index < -0.39 is 5.97 Å². The van der Waals surface area contributed by atoms with E-state index in [1.807, 2.05) is 48.1 Å². The third-order valence-corrected chi connectivity index (χ3v) is 4.25. The van der Waals surface area contributed by atoms with E-state index >= 15 is 0 Å². The van der Waals surface area contributed by atoms with Crippen LogP contribution in [0.1, 0.15) is 27.5 Å². The third-order valence-electron chi connectivity index (χ3n) is 4.25. The van der Waals surface area contributed by atoms with Crippen molar-refractivity contribution in [2.75, 3.05) is 0 Å². The molecule has 0 fully saturated rings. The zero-order valence-electron chi connectivity index (χ0n) is 13.4. The Kier molecular flexibility index (Phi) is 3.53. The van der Waals surface area contributed by atoms with E-state index in [0.717, 1.165) is 22.2 Å². The van der Waals surface area contributed by atoms with Crippen molar-refractivity contribution in [2.45, 2.75) is 6.04 Å². The molecular weight excluding hydrogens is 318 g/mol. The molecule has 124 valence electrons. The molecule has 0 aliphatic rings. The molecule has 0 saturated carbocycles. The van der Waals surface area contributed by atoms with Crippen LogP contribution in [0.2, 0.25) is 0 Å². The Balaban J connectivity index is 1.85. The number of hydrogen-bond donors (Lipinski definition) is 1. The molecule has 0 bridgehead atoms. The summed E-state index contributed by atoms with van der Waals surface area (Å²) in [4.78, 5) is 15.3. The van der Waals surface area contributed by atoms with Gasteiger partial charge in [0.2, 0.25) is 0 Å². The van der Waals surface area contributed by atoms with E-state index in [0.29, 0.717) is 0 Å². The summed E-state index contributed by atoms with van der Waals surface area (Å²) in [6.45, 7) is 0. The maximum absolute atomic E-state index is 11.1. The highest BCUT2D eigenvalue weighted by molar-refractivity contribution is 5.87. The van der Waals surface area contributed by atoms with Crippen molar-refractivity contribution in [3.05, 3.63) is 77.9 Å². The number of aryl methyl sites for hydroxylation is 1. The number of fused-ring (bicyclic) bond motifs is 1. The molecule has 0 radical (unpaired) electrons. The molecule has 0 amide bonds. The zero-order chi connectivity index (χ0) is 17.4. The monoisotopic (exact) mass is 333 g/mol. The number of carbonyl (C=O) groups is 1. The van der Waals surface area contributed by atoms with Gasteiger partial charge in [-0.05, 0) is 35.4 Å². The zero-order valence-corrected chi connectivity index (χ0v) is 13.4. The van der Waals surface area contributed by atoms with E-state index in [1.54, 1.807) is 29.3 Å². The number of aromatic nitrogens is 5. The van der Waals surface area contributed by atoms with Crippen LogP contribution >= 0.6 is 0 Å². The van der Waals surface area contributed by atoms with Crippen LogP contribution in [0.5, 0.6) is 0 Å². The third kappa shape index (κ3) is 2.65. The minimum Gasteiger partial charge on any atom is -0.478 e. The van der Waals surface area contributed by atoms with Crippen molar-refractivity contribution in [1.82, 2.24) is 24.5 Å². The number of nitrogens with zero attached hydrogens (tertiary/aromatic N) is 5. The van der Waals surface area contributed by atoms with Crippen molar-refractivity contribution < 1.29 is 9.90 Å². The molecular formula is C18H15N5O2. The van der Waals surface area contributed by atoms with Gasteiger partial charge in [-0.3, -0.25) is 0 Å². The molecule has 25 heavy (non-hydrogen) atoms. The predicted octanol–water partition coefficient (Wildman–Crippen LogP) is 2.50. The van der Waals surface area contributed by atoms with Gasteiger partial charge in [-0.1, -0.05) is 23.4 Å². The molecule has 0 spiro atoms. The maximum Gasteiger partial charge on any atom is 0.335 e. The lowest BCUT2D eigenvalue weighted by Crippen LogP contribution is -2.11. The Morgan fingerprint density at radius 1 is 1.12 bits per heavy atom. The van der Waals surface area contributed by atoms with E-state index in [9.17, 15) is 4.79 Å². The highest BCUT2D eigenvalue weighted by Gasteiger charge is 2.18. The van der Waals surface area contributed by atoms with Crippen molar-refractivity contribution in [1.29, 1.82) is 0 Å².